The lowest BCUT2D eigenvalue weighted by Gasteiger charge is -1.89. The average Bonchev–Trinajstić information content (AvgIpc) is 2.99. The minimum Gasteiger partial charge on any atom is -0.279 e. The molecule has 0 amide bonds. The van der Waals surface area contributed by atoms with Crippen molar-refractivity contribution < 1.29 is 4.79 Å². The van der Waals surface area contributed by atoms with Gasteiger partial charge in [-0.3, -0.25) is 9.78 Å². The van der Waals surface area contributed by atoms with Crippen LogP contribution in [0.3, 0.4) is 0 Å². The van der Waals surface area contributed by atoms with E-state index in [1.807, 2.05) is 0 Å². The number of hydrogen-bond acceptors (Lipinski definition) is 2. The Kier molecular flexibility index (Phi) is 2.09. The quantitative estimate of drug-likeness (QED) is 0.365. The molecule has 1 aliphatic rings. The third kappa shape index (κ3) is 2.16. The highest BCUT2D eigenvalue weighted by Crippen LogP contribution is 2.27. The molecule has 0 bridgehead atoms. The van der Waals surface area contributed by atoms with E-state index in [9.17, 15) is 4.79 Å². The van der Waals surface area contributed by atoms with E-state index in [0.29, 0.717) is 11.5 Å². The van der Waals surface area contributed by atoms with E-state index < -0.39 is 0 Å². The second-order valence-electron chi connectivity index (χ2n) is 3.11. The number of rotatable bonds is 1. The van der Waals surface area contributed by atoms with Gasteiger partial charge in [-0.1, -0.05) is 5.92 Å². The molecule has 0 saturated heterocycles. The van der Waals surface area contributed by atoms with Gasteiger partial charge in [-0.2, -0.15) is 0 Å². The molecule has 0 aliphatic heterocycles. The standard InChI is InChI=1S/C11H9NO/c13-11(6-5-9-3-4-9)10-2-1-7-12-8-10/h1-2,7-9H,3-4H2. The van der Waals surface area contributed by atoms with Crippen molar-refractivity contribution in [2.75, 3.05) is 0 Å². The summed E-state index contributed by atoms with van der Waals surface area (Å²) in [5.74, 6) is 5.91. The first-order valence-electron chi connectivity index (χ1n) is 4.32. The van der Waals surface area contributed by atoms with Crippen molar-refractivity contribution in [2.45, 2.75) is 12.8 Å². The highest BCUT2D eigenvalue weighted by atomic mass is 16.1. The number of ketones is 1. The van der Waals surface area contributed by atoms with Crippen molar-refractivity contribution in [3.8, 4) is 11.8 Å². The van der Waals surface area contributed by atoms with Crippen LogP contribution in [-0.2, 0) is 0 Å². The second kappa shape index (κ2) is 3.40. The van der Waals surface area contributed by atoms with Crippen molar-refractivity contribution in [3.05, 3.63) is 30.1 Å². The van der Waals surface area contributed by atoms with Gasteiger partial charge in [0, 0.05) is 23.9 Å². The smallest absolute Gasteiger partial charge is 0.237 e. The van der Waals surface area contributed by atoms with Crippen LogP contribution in [0.1, 0.15) is 23.2 Å². The van der Waals surface area contributed by atoms with Crippen LogP contribution in [0, 0.1) is 17.8 Å². The molecule has 1 saturated carbocycles. The number of pyridine rings is 1. The zero-order chi connectivity index (χ0) is 9.10. The average molecular weight is 171 g/mol. The van der Waals surface area contributed by atoms with Gasteiger partial charge in [0.25, 0.3) is 0 Å². The molecule has 0 unspecified atom stereocenters. The molecular weight excluding hydrogens is 162 g/mol. The number of carbonyl (C=O) groups is 1. The Balaban J connectivity index is 2.10. The highest BCUT2D eigenvalue weighted by molar-refractivity contribution is 6.08. The van der Waals surface area contributed by atoms with Gasteiger partial charge in [-0.05, 0) is 30.9 Å². The van der Waals surface area contributed by atoms with Gasteiger partial charge in [-0.15, -0.1) is 0 Å². The van der Waals surface area contributed by atoms with E-state index in [2.05, 4.69) is 16.8 Å². The lowest BCUT2D eigenvalue weighted by atomic mass is 10.2. The molecule has 13 heavy (non-hydrogen) atoms. The lowest BCUT2D eigenvalue weighted by Crippen LogP contribution is -1.94. The number of hydrogen-bond donors (Lipinski definition) is 0. The molecule has 0 N–H and O–H groups in total. The summed E-state index contributed by atoms with van der Waals surface area (Å²) in [6.45, 7) is 0. The van der Waals surface area contributed by atoms with Crippen molar-refractivity contribution in [2.24, 2.45) is 5.92 Å². The molecule has 1 fully saturated rings. The fourth-order valence-corrected chi connectivity index (χ4v) is 0.965. The Hall–Kier alpha value is -1.62. The second-order valence-corrected chi connectivity index (χ2v) is 3.11. The van der Waals surface area contributed by atoms with Crippen LogP contribution >= 0.6 is 0 Å². The van der Waals surface area contributed by atoms with Crippen LogP contribution in [0.5, 0.6) is 0 Å². The van der Waals surface area contributed by atoms with Gasteiger partial charge in [0.1, 0.15) is 0 Å². The van der Waals surface area contributed by atoms with E-state index in [1.54, 1.807) is 24.5 Å². The van der Waals surface area contributed by atoms with Crippen LogP contribution in [0.2, 0.25) is 0 Å². The van der Waals surface area contributed by atoms with Gasteiger partial charge >= 0.3 is 0 Å². The predicted octanol–water partition coefficient (Wildman–Crippen LogP) is 1.68. The first kappa shape index (κ1) is 8.00. The summed E-state index contributed by atoms with van der Waals surface area (Å²) < 4.78 is 0. The summed E-state index contributed by atoms with van der Waals surface area (Å²) in [5, 5.41) is 0. The number of aromatic nitrogens is 1. The third-order valence-corrected chi connectivity index (χ3v) is 1.89. The summed E-state index contributed by atoms with van der Waals surface area (Å²) in [7, 11) is 0. The fourth-order valence-electron chi connectivity index (χ4n) is 0.965. The summed E-state index contributed by atoms with van der Waals surface area (Å²) in [4.78, 5) is 15.2. The van der Waals surface area contributed by atoms with Crippen molar-refractivity contribution >= 4 is 5.78 Å². The molecule has 0 aromatic carbocycles. The SMILES string of the molecule is O=C(C#CC1CC1)c1cccnc1. The monoisotopic (exact) mass is 171 g/mol. The van der Waals surface area contributed by atoms with E-state index >= 15 is 0 Å². The first-order valence-corrected chi connectivity index (χ1v) is 4.32. The Labute approximate surface area is 77.0 Å². The maximum Gasteiger partial charge on any atom is 0.237 e. The van der Waals surface area contributed by atoms with Crippen LogP contribution in [0.15, 0.2) is 24.5 Å². The third-order valence-electron chi connectivity index (χ3n) is 1.89. The van der Waals surface area contributed by atoms with Crippen molar-refractivity contribution in [3.63, 3.8) is 0 Å². The molecule has 64 valence electrons. The molecule has 1 aliphatic carbocycles. The van der Waals surface area contributed by atoms with Gasteiger partial charge in [0.15, 0.2) is 0 Å². The van der Waals surface area contributed by atoms with Crippen LogP contribution in [0.4, 0.5) is 0 Å². The summed E-state index contributed by atoms with van der Waals surface area (Å²) in [6.07, 6.45) is 5.48. The number of nitrogens with zero attached hydrogens (tertiary/aromatic N) is 1. The minimum atomic E-state index is -0.125. The van der Waals surface area contributed by atoms with Crippen molar-refractivity contribution in [1.82, 2.24) is 4.98 Å². The molecule has 1 aromatic rings. The number of Topliss-reactive ketones (excluding diaryl/α,β-unsaturated/α-hetero) is 1. The predicted molar refractivity (Wildman–Crippen MR) is 49.1 cm³/mol. The first-order chi connectivity index (χ1) is 6.36. The zero-order valence-corrected chi connectivity index (χ0v) is 7.16. The van der Waals surface area contributed by atoms with Crippen LogP contribution in [0.25, 0.3) is 0 Å². The number of carbonyl (C=O) groups excluding carboxylic acids is 1. The fraction of sp³-hybridized carbons (Fsp3) is 0.273. The molecule has 0 spiro atoms. The van der Waals surface area contributed by atoms with Gasteiger partial charge in [-0.25, -0.2) is 0 Å². The molecule has 0 atom stereocenters. The molecule has 0 radical (unpaired) electrons. The summed E-state index contributed by atoms with van der Waals surface area (Å²) in [5.41, 5.74) is 0.579. The Morgan fingerprint density at radius 3 is 3.00 bits per heavy atom. The maximum atomic E-state index is 11.4. The van der Waals surface area contributed by atoms with E-state index in [0.717, 1.165) is 12.8 Å². The summed E-state index contributed by atoms with van der Waals surface area (Å²) >= 11 is 0. The molecule has 1 heterocycles. The zero-order valence-electron chi connectivity index (χ0n) is 7.16. The van der Waals surface area contributed by atoms with Gasteiger partial charge in [0.2, 0.25) is 5.78 Å². The largest absolute Gasteiger partial charge is 0.279 e. The van der Waals surface area contributed by atoms with E-state index in [4.69, 9.17) is 0 Å². The Morgan fingerprint density at radius 1 is 1.54 bits per heavy atom. The Bertz CT molecular complexity index is 368. The molecule has 2 nitrogen and oxygen atoms in total. The van der Waals surface area contributed by atoms with E-state index in [1.165, 1.54) is 0 Å². The maximum absolute atomic E-state index is 11.4. The molecule has 2 heteroatoms. The van der Waals surface area contributed by atoms with Crippen LogP contribution < -0.4 is 0 Å². The van der Waals surface area contributed by atoms with Gasteiger partial charge in [0.05, 0.1) is 0 Å². The minimum absolute atomic E-state index is 0.125. The Morgan fingerprint density at radius 2 is 2.38 bits per heavy atom. The topological polar surface area (TPSA) is 30.0 Å². The van der Waals surface area contributed by atoms with Crippen molar-refractivity contribution in [1.29, 1.82) is 0 Å². The molecule has 1 aromatic heterocycles. The molecular formula is C11H9NO. The van der Waals surface area contributed by atoms with E-state index in [-0.39, 0.29) is 5.78 Å². The highest BCUT2D eigenvalue weighted by Gasteiger charge is 2.18. The normalized spacial score (nSPS) is 14.5. The van der Waals surface area contributed by atoms with Crippen LogP contribution in [-0.4, -0.2) is 10.8 Å². The van der Waals surface area contributed by atoms with Gasteiger partial charge < -0.3 is 0 Å². The molecule has 2 rings (SSSR count). The summed E-state index contributed by atoms with van der Waals surface area (Å²) in [6, 6.07) is 3.48. The lowest BCUT2D eigenvalue weighted by molar-refractivity contribution is 0.105.